The number of carbonyl (C=O) groups excluding carboxylic acids is 2. The summed E-state index contributed by atoms with van der Waals surface area (Å²) in [5.41, 5.74) is 2.57. The molecule has 2 aromatic heterocycles. The van der Waals surface area contributed by atoms with Crippen LogP contribution in [0, 0.1) is 5.82 Å². The predicted octanol–water partition coefficient (Wildman–Crippen LogP) is 6.50. The number of benzene rings is 2. The first kappa shape index (κ1) is 40.8. The summed E-state index contributed by atoms with van der Waals surface area (Å²) in [7, 11) is 1.61. The molecule has 0 saturated carbocycles. The molecule has 0 aliphatic carbocycles. The Kier molecular flexibility index (Phi) is 14.5. The highest BCUT2D eigenvalue weighted by Crippen LogP contribution is 2.38. The van der Waals surface area contributed by atoms with Gasteiger partial charge in [-0.3, -0.25) is 19.5 Å². The van der Waals surface area contributed by atoms with Gasteiger partial charge in [-0.1, -0.05) is 20.8 Å². The summed E-state index contributed by atoms with van der Waals surface area (Å²) in [5, 5.41) is 13.5. The lowest BCUT2D eigenvalue weighted by Gasteiger charge is -2.42. The minimum atomic E-state index is -0.780. The van der Waals surface area contributed by atoms with Crippen molar-refractivity contribution in [1.29, 1.82) is 0 Å². The lowest BCUT2D eigenvalue weighted by Crippen LogP contribution is -2.51. The zero-order valence-electron chi connectivity index (χ0n) is 31.9. The number of rotatable bonds is 11. The Balaban J connectivity index is 0.000000398. The molecule has 14 heteroatoms. The molecular weight excluding hydrogens is 757 g/mol. The second kappa shape index (κ2) is 19.3. The molecule has 2 aliphatic rings. The van der Waals surface area contributed by atoms with Gasteiger partial charge >= 0.3 is 11.8 Å². The maximum absolute atomic E-state index is 13.5. The molecule has 2 aliphatic heterocycles. The number of piperazine rings is 1. The molecule has 12 nitrogen and oxygen atoms in total. The fourth-order valence-electron chi connectivity index (χ4n) is 6.57. The largest absolute Gasteiger partial charge is 0.493 e. The molecule has 0 bridgehead atoms. The van der Waals surface area contributed by atoms with Gasteiger partial charge in [0.2, 0.25) is 0 Å². The first-order valence-corrected chi connectivity index (χ1v) is 19.4. The third-order valence-corrected chi connectivity index (χ3v) is 10.8. The minimum absolute atomic E-state index is 0.197. The maximum atomic E-state index is 13.5. The van der Waals surface area contributed by atoms with Crippen LogP contribution in [-0.4, -0.2) is 109 Å². The van der Waals surface area contributed by atoms with Gasteiger partial charge in [-0.05, 0) is 90.1 Å². The van der Waals surface area contributed by atoms with Crippen molar-refractivity contribution in [3.63, 3.8) is 0 Å². The third-order valence-electron chi connectivity index (χ3n) is 10.2. The van der Waals surface area contributed by atoms with Crippen LogP contribution in [0.4, 0.5) is 15.9 Å². The smallest absolute Gasteiger partial charge is 0.313 e. The molecule has 2 fully saturated rings. The van der Waals surface area contributed by atoms with Crippen LogP contribution < -0.4 is 19.7 Å². The second-order valence-corrected chi connectivity index (χ2v) is 14.4. The summed E-state index contributed by atoms with van der Waals surface area (Å²) < 4.78 is 30.7. The number of ether oxygens (including phenoxy) is 3. The molecular formula is C40H51BrFN7O5. The van der Waals surface area contributed by atoms with Crippen molar-refractivity contribution in [2.24, 2.45) is 0 Å². The molecule has 6 rings (SSSR count). The van der Waals surface area contributed by atoms with Gasteiger partial charge in [0.15, 0.2) is 17.3 Å². The van der Waals surface area contributed by atoms with Gasteiger partial charge in [0, 0.05) is 80.1 Å². The Bertz CT molecular complexity index is 1870. The van der Waals surface area contributed by atoms with Crippen LogP contribution in [0.5, 0.6) is 11.5 Å². The Morgan fingerprint density at radius 1 is 0.926 bits per heavy atom. The Labute approximate surface area is 325 Å². The minimum Gasteiger partial charge on any atom is -0.493 e. The SMILES string of the molecule is CCC(C)(CC)N1CCOCC1.CCCOc1cc2c(N3CCN(C(=O)C(=O)Nc4ccc(F)c(Br)c4)CC3)nnc(Cc3ccncc3)c2cc1OC. The predicted molar refractivity (Wildman–Crippen MR) is 212 cm³/mol. The molecule has 290 valence electrons. The van der Waals surface area contributed by atoms with E-state index in [4.69, 9.17) is 14.2 Å². The number of hydrogen-bond donors (Lipinski definition) is 1. The number of carbonyl (C=O) groups is 2. The van der Waals surface area contributed by atoms with Gasteiger partial charge in [0.25, 0.3) is 0 Å². The van der Waals surface area contributed by atoms with Crippen molar-refractivity contribution >= 4 is 50.0 Å². The average molecular weight is 809 g/mol. The van der Waals surface area contributed by atoms with Gasteiger partial charge in [-0.25, -0.2) is 4.39 Å². The van der Waals surface area contributed by atoms with Gasteiger partial charge in [-0.15, -0.1) is 5.10 Å². The van der Waals surface area contributed by atoms with Gasteiger partial charge in [0.05, 0.1) is 37.1 Å². The average Bonchev–Trinajstić information content (AvgIpc) is 3.21. The van der Waals surface area contributed by atoms with E-state index in [2.05, 4.69) is 67.0 Å². The van der Waals surface area contributed by atoms with E-state index in [0.29, 0.717) is 67.7 Å². The number of morpholine rings is 1. The maximum Gasteiger partial charge on any atom is 0.313 e. The molecule has 1 N–H and O–H groups in total. The number of nitrogens with zero attached hydrogens (tertiary/aromatic N) is 6. The van der Waals surface area contributed by atoms with Gasteiger partial charge in [0.1, 0.15) is 5.82 Å². The molecule has 0 atom stereocenters. The van der Waals surface area contributed by atoms with E-state index in [9.17, 15) is 14.0 Å². The zero-order chi connectivity index (χ0) is 38.7. The van der Waals surface area contributed by atoms with Crippen molar-refractivity contribution in [3.05, 3.63) is 76.4 Å². The van der Waals surface area contributed by atoms with Crippen LogP contribution in [0.3, 0.4) is 0 Å². The van der Waals surface area contributed by atoms with Crippen LogP contribution in [0.15, 0.2) is 59.3 Å². The summed E-state index contributed by atoms with van der Waals surface area (Å²) in [6, 6.07) is 11.8. The van der Waals surface area contributed by atoms with Crippen LogP contribution in [-0.2, 0) is 20.7 Å². The highest BCUT2D eigenvalue weighted by molar-refractivity contribution is 9.10. The zero-order valence-corrected chi connectivity index (χ0v) is 33.5. The molecule has 0 unspecified atom stereocenters. The molecule has 4 aromatic rings. The summed E-state index contributed by atoms with van der Waals surface area (Å²) in [5.74, 6) is 0.00437. The van der Waals surface area contributed by atoms with Crippen molar-refractivity contribution in [3.8, 4) is 11.5 Å². The molecule has 2 saturated heterocycles. The summed E-state index contributed by atoms with van der Waals surface area (Å²) in [4.78, 5) is 35.7. The van der Waals surface area contributed by atoms with E-state index in [1.165, 1.54) is 35.9 Å². The summed E-state index contributed by atoms with van der Waals surface area (Å²) >= 11 is 3.09. The quantitative estimate of drug-likeness (QED) is 0.168. The van der Waals surface area contributed by atoms with E-state index in [1.807, 2.05) is 31.2 Å². The molecule has 0 radical (unpaired) electrons. The number of amides is 2. The first-order valence-electron chi connectivity index (χ1n) is 18.6. The van der Waals surface area contributed by atoms with Gasteiger partial charge < -0.3 is 29.3 Å². The summed E-state index contributed by atoms with van der Waals surface area (Å²) in [6.45, 7) is 15.1. The lowest BCUT2D eigenvalue weighted by molar-refractivity contribution is -0.143. The molecule has 0 spiro atoms. The number of aromatic nitrogens is 3. The highest BCUT2D eigenvalue weighted by Gasteiger charge is 2.30. The van der Waals surface area contributed by atoms with Crippen molar-refractivity contribution in [1.82, 2.24) is 25.0 Å². The van der Waals surface area contributed by atoms with E-state index in [-0.39, 0.29) is 4.47 Å². The highest BCUT2D eigenvalue weighted by atomic mass is 79.9. The second-order valence-electron chi connectivity index (χ2n) is 13.6. The van der Waals surface area contributed by atoms with Gasteiger partial charge in [-0.2, -0.15) is 5.10 Å². The third kappa shape index (κ3) is 10.0. The monoisotopic (exact) mass is 807 g/mol. The van der Waals surface area contributed by atoms with E-state index in [0.717, 1.165) is 54.8 Å². The molecule has 54 heavy (non-hydrogen) atoms. The van der Waals surface area contributed by atoms with Crippen LogP contribution in [0.1, 0.15) is 58.2 Å². The topological polar surface area (TPSA) is 122 Å². The number of nitrogens with one attached hydrogen (secondary N) is 1. The Morgan fingerprint density at radius 2 is 1.61 bits per heavy atom. The van der Waals surface area contributed by atoms with Crippen LogP contribution in [0.2, 0.25) is 0 Å². The van der Waals surface area contributed by atoms with Crippen molar-refractivity contribution in [2.45, 2.75) is 58.9 Å². The van der Waals surface area contributed by atoms with E-state index in [1.54, 1.807) is 19.5 Å². The normalized spacial score (nSPS) is 15.0. The van der Waals surface area contributed by atoms with Crippen LogP contribution >= 0.6 is 15.9 Å². The van der Waals surface area contributed by atoms with E-state index < -0.39 is 17.6 Å². The number of fused-ring (bicyclic) bond motifs is 1. The Morgan fingerprint density at radius 3 is 2.24 bits per heavy atom. The fraction of sp³-hybridized carbons (Fsp3) is 0.475. The molecule has 2 aromatic carbocycles. The summed E-state index contributed by atoms with van der Waals surface area (Å²) in [6.07, 6.45) is 7.38. The standard InChI is InChI=1S/C30H30BrFN6O4.C10H21NO/c1-3-14-42-27-18-22-21(17-26(27)41-2)25(15-19-6-8-33-9-7-19)35-36-28(22)37-10-12-38(13-11-37)30(40)29(39)34-20-4-5-24(32)23(31)16-20;1-4-10(3,5-2)11-6-8-12-9-7-11/h4-9,16-18H,3,10-15H2,1-2H3,(H,34,39);4-9H2,1-3H3. The number of pyridine rings is 1. The molecule has 4 heterocycles. The first-order chi connectivity index (χ1) is 26.1. The van der Waals surface area contributed by atoms with Crippen LogP contribution in [0.25, 0.3) is 10.8 Å². The number of hydrogen-bond acceptors (Lipinski definition) is 10. The molecule has 2 amide bonds. The van der Waals surface area contributed by atoms with Crippen molar-refractivity contribution < 1.29 is 28.2 Å². The number of anilines is 2. The number of methoxy groups -OCH3 is 1. The lowest BCUT2D eigenvalue weighted by atomic mass is 9.93. The number of halogens is 2. The van der Waals surface area contributed by atoms with E-state index >= 15 is 0 Å². The van der Waals surface area contributed by atoms with Crippen molar-refractivity contribution in [2.75, 3.05) is 76.4 Å². The fourth-order valence-corrected chi connectivity index (χ4v) is 6.94. The Hall–Kier alpha value is -4.40.